The Hall–Kier alpha value is -1.83. The topological polar surface area (TPSA) is 30.2 Å². The first kappa shape index (κ1) is 11.3. The molecule has 0 amide bonds. The van der Waals surface area contributed by atoms with Gasteiger partial charge in [-0.2, -0.15) is 0 Å². The molecule has 0 aliphatic heterocycles. The lowest BCUT2D eigenvalue weighted by Gasteiger charge is -2.03. The van der Waals surface area contributed by atoms with Crippen molar-refractivity contribution in [3.05, 3.63) is 58.5 Å². The lowest BCUT2D eigenvalue weighted by atomic mass is 10.0. The summed E-state index contributed by atoms with van der Waals surface area (Å²) in [5.41, 5.74) is 4.23. The maximum Gasteiger partial charge on any atom is 0.194 e. The minimum Gasteiger partial charge on any atom is -0.458 e. The van der Waals surface area contributed by atoms with Gasteiger partial charge in [0.1, 0.15) is 5.76 Å². The molecule has 2 nitrogen and oxygen atoms in total. The van der Waals surface area contributed by atoms with Crippen molar-refractivity contribution >= 4 is 5.78 Å². The zero-order valence-electron chi connectivity index (χ0n) is 10.5. The molecule has 92 valence electrons. The molecule has 2 heteroatoms. The van der Waals surface area contributed by atoms with Crippen LogP contribution in [0, 0.1) is 0 Å². The number of hydrogen-bond donors (Lipinski definition) is 0. The molecule has 2 aromatic rings. The molecule has 1 aromatic carbocycles. The molecule has 0 fully saturated rings. The van der Waals surface area contributed by atoms with E-state index in [0.29, 0.717) is 5.76 Å². The average Bonchev–Trinajstić information content (AvgIpc) is 2.96. The van der Waals surface area contributed by atoms with Crippen LogP contribution in [0.15, 0.2) is 34.7 Å². The van der Waals surface area contributed by atoms with Gasteiger partial charge in [-0.3, -0.25) is 4.79 Å². The number of carbonyl (C=O) groups excluding carboxylic acids is 1. The molecule has 1 aliphatic rings. The summed E-state index contributed by atoms with van der Waals surface area (Å²) < 4.78 is 5.52. The van der Waals surface area contributed by atoms with Crippen LogP contribution in [0.3, 0.4) is 0 Å². The summed E-state index contributed by atoms with van der Waals surface area (Å²) in [5, 5.41) is 0. The molecule has 0 radical (unpaired) electrons. The number of carbonyl (C=O) groups is 1. The van der Waals surface area contributed by atoms with Crippen molar-refractivity contribution in [2.45, 2.75) is 32.6 Å². The smallest absolute Gasteiger partial charge is 0.194 e. The van der Waals surface area contributed by atoms with Crippen LogP contribution in [-0.2, 0) is 19.3 Å². The molecule has 0 saturated carbocycles. The van der Waals surface area contributed by atoms with Crippen LogP contribution in [0.2, 0.25) is 0 Å². The van der Waals surface area contributed by atoms with Gasteiger partial charge in [0.25, 0.3) is 0 Å². The molecule has 1 aliphatic carbocycles. The van der Waals surface area contributed by atoms with Gasteiger partial charge in [-0.1, -0.05) is 18.2 Å². The molecule has 0 bridgehead atoms. The summed E-state index contributed by atoms with van der Waals surface area (Å²) in [6.45, 7) is 1.53. The maximum atomic E-state index is 11.2. The van der Waals surface area contributed by atoms with E-state index in [4.69, 9.17) is 4.42 Å². The molecule has 0 unspecified atom stereocenters. The first-order valence-electron chi connectivity index (χ1n) is 6.43. The van der Waals surface area contributed by atoms with Crippen molar-refractivity contribution in [2.75, 3.05) is 0 Å². The highest BCUT2D eigenvalue weighted by molar-refractivity contribution is 5.91. The van der Waals surface area contributed by atoms with Crippen LogP contribution >= 0.6 is 0 Å². The predicted molar refractivity (Wildman–Crippen MR) is 70.0 cm³/mol. The van der Waals surface area contributed by atoms with Crippen LogP contribution in [-0.4, -0.2) is 5.78 Å². The van der Waals surface area contributed by atoms with Crippen LogP contribution < -0.4 is 0 Å². The predicted octanol–water partition coefficient (Wildman–Crippen LogP) is 3.56. The number of ketones is 1. The van der Waals surface area contributed by atoms with Gasteiger partial charge in [0.2, 0.25) is 0 Å². The van der Waals surface area contributed by atoms with Crippen molar-refractivity contribution in [1.29, 1.82) is 0 Å². The monoisotopic (exact) mass is 240 g/mol. The fourth-order valence-electron chi connectivity index (χ4n) is 2.60. The Morgan fingerprint density at radius 1 is 1.17 bits per heavy atom. The second-order valence-electron chi connectivity index (χ2n) is 4.96. The molecule has 0 spiro atoms. The highest BCUT2D eigenvalue weighted by Crippen LogP contribution is 2.24. The van der Waals surface area contributed by atoms with E-state index in [0.717, 1.165) is 12.2 Å². The summed E-state index contributed by atoms with van der Waals surface area (Å²) in [6, 6.07) is 10.3. The number of rotatable bonds is 3. The fraction of sp³-hybridized carbons (Fsp3) is 0.312. The van der Waals surface area contributed by atoms with Crippen molar-refractivity contribution < 1.29 is 9.21 Å². The van der Waals surface area contributed by atoms with Gasteiger partial charge in [-0.15, -0.1) is 0 Å². The number of fused-ring (bicyclic) bond motifs is 1. The largest absolute Gasteiger partial charge is 0.458 e. The number of benzene rings is 1. The Morgan fingerprint density at radius 2 is 2.00 bits per heavy atom. The maximum absolute atomic E-state index is 11.2. The van der Waals surface area contributed by atoms with Crippen molar-refractivity contribution in [1.82, 2.24) is 0 Å². The summed E-state index contributed by atoms with van der Waals surface area (Å²) in [7, 11) is 0. The van der Waals surface area contributed by atoms with Crippen LogP contribution in [0.25, 0.3) is 0 Å². The Balaban J connectivity index is 1.81. The molecular formula is C16H16O2. The third kappa shape index (κ3) is 2.10. The van der Waals surface area contributed by atoms with Crippen molar-refractivity contribution in [3.63, 3.8) is 0 Å². The van der Waals surface area contributed by atoms with Gasteiger partial charge in [0, 0.05) is 13.3 Å². The number of Topliss-reactive ketones (excluding diaryl/α,β-unsaturated/α-hetero) is 1. The fourth-order valence-corrected chi connectivity index (χ4v) is 2.60. The number of aryl methyl sites for hydroxylation is 2. The zero-order valence-corrected chi connectivity index (χ0v) is 10.5. The number of hydrogen-bond acceptors (Lipinski definition) is 2. The molecule has 0 saturated heterocycles. The summed E-state index contributed by atoms with van der Waals surface area (Å²) in [6.07, 6.45) is 4.44. The van der Waals surface area contributed by atoms with Crippen molar-refractivity contribution in [3.8, 4) is 0 Å². The van der Waals surface area contributed by atoms with Gasteiger partial charge >= 0.3 is 0 Å². The standard InChI is InChI=1S/C16H16O2/c1-11(17)16-8-7-15(18-16)10-12-5-6-13-3-2-4-14(13)9-12/h5-9H,2-4,10H2,1H3. The SMILES string of the molecule is CC(=O)c1ccc(Cc2ccc3c(c2)CCC3)o1. The van der Waals surface area contributed by atoms with E-state index in [1.807, 2.05) is 6.07 Å². The molecule has 1 heterocycles. The van der Waals surface area contributed by atoms with Gasteiger partial charge in [0.05, 0.1) is 0 Å². The third-order valence-electron chi connectivity index (χ3n) is 3.55. The Labute approximate surface area is 107 Å². The van der Waals surface area contributed by atoms with E-state index in [1.54, 1.807) is 6.07 Å². The van der Waals surface area contributed by atoms with Crippen LogP contribution in [0.4, 0.5) is 0 Å². The minimum atomic E-state index is -0.0183. The Kier molecular flexibility index (Phi) is 2.78. The first-order chi connectivity index (χ1) is 8.72. The van der Waals surface area contributed by atoms with Gasteiger partial charge in [0.15, 0.2) is 11.5 Å². The Morgan fingerprint density at radius 3 is 2.78 bits per heavy atom. The second-order valence-corrected chi connectivity index (χ2v) is 4.96. The first-order valence-corrected chi connectivity index (χ1v) is 6.43. The average molecular weight is 240 g/mol. The minimum absolute atomic E-state index is 0.0183. The van der Waals surface area contributed by atoms with Crippen molar-refractivity contribution in [2.24, 2.45) is 0 Å². The molecular weight excluding hydrogens is 224 g/mol. The zero-order chi connectivity index (χ0) is 12.5. The Bertz CT molecular complexity index is 593. The normalized spacial score (nSPS) is 13.6. The summed E-state index contributed by atoms with van der Waals surface area (Å²) >= 11 is 0. The highest BCUT2D eigenvalue weighted by Gasteiger charge is 2.12. The van der Waals surface area contributed by atoms with Gasteiger partial charge in [-0.05, 0) is 48.1 Å². The lowest BCUT2D eigenvalue weighted by molar-refractivity contribution is 0.0985. The third-order valence-corrected chi connectivity index (χ3v) is 3.55. The van der Waals surface area contributed by atoms with E-state index < -0.39 is 0 Å². The lowest BCUT2D eigenvalue weighted by Crippen LogP contribution is -1.90. The summed E-state index contributed by atoms with van der Waals surface area (Å²) in [5.74, 6) is 1.29. The molecule has 1 aromatic heterocycles. The number of furan rings is 1. The summed E-state index contributed by atoms with van der Waals surface area (Å²) in [4.78, 5) is 11.2. The quantitative estimate of drug-likeness (QED) is 0.768. The van der Waals surface area contributed by atoms with E-state index in [2.05, 4.69) is 18.2 Å². The van der Waals surface area contributed by atoms with E-state index >= 15 is 0 Å². The molecule has 0 N–H and O–H groups in total. The van der Waals surface area contributed by atoms with E-state index in [1.165, 1.54) is 42.9 Å². The molecule has 3 rings (SSSR count). The van der Waals surface area contributed by atoms with E-state index in [-0.39, 0.29) is 5.78 Å². The van der Waals surface area contributed by atoms with Gasteiger partial charge in [-0.25, -0.2) is 0 Å². The van der Waals surface area contributed by atoms with E-state index in [9.17, 15) is 4.79 Å². The van der Waals surface area contributed by atoms with Gasteiger partial charge < -0.3 is 4.42 Å². The highest BCUT2D eigenvalue weighted by atomic mass is 16.3. The second kappa shape index (κ2) is 4.45. The van der Waals surface area contributed by atoms with Crippen LogP contribution in [0.1, 0.15) is 46.3 Å². The molecule has 18 heavy (non-hydrogen) atoms. The molecule has 0 atom stereocenters. The van der Waals surface area contributed by atoms with Crippen LogP contribution in [0.5, 0.6) is 0 Å².